The van der Waals surface area contributed by atoms with Crippen LogP contribution in [-0.2, 0) is 0 Å². The first-order chi connectivity index (χ1) is 9.38. The minimum atomic E-state index is 0.743. The summed E-state index contributed by atoms with van der Waals surface area (Å²) in [4.78, 5) is 11.2. The van der Waals surface area contributed by atoms with Crippen LogP contribution in [0.3, 0.4) is 0 Å². The second-order valence-electron chi connectivity index (χ2n) is 4.31. The monoisotopic (exact) mass is 249 g/mol. The Labute approximate surface area is 112 Å². The summed E-state index contributed by atoms with van der Waals surface area (Å²) >= 11 is 0. The Hall–Kier alpha value is -2.42. The van der Waals surface area contributed by atoms with Crippen LogP contribution >= 0.6 is 0 Å². The van der Waals surface area contributed by atoms with Gasteiger partial charge >= 0.3 is 0 Å². The minimum absolute atomic E-state index is 0.743. The summed E-state index contributed by atoms with van der Waals surface area (Å²) in [5, 5.41) is 1.07. The Morgan fingerprint density at radius 2 is 1.68 bits per heavy atom. The molecule has 94 valence electrons. The van der Waals surface area contributed by atoms with Crippen molar-refractivity contribution in [2.24, 2.45) is 0 Å². The Morgan fingerprint density at radius 1 is 0.947 bits per heavy atom. The van der Waals surface area contributed by atoms with Crippen molar-refractivity contribution in [3.05, 3.63) is 60.8 Å². The Kier molecular flexibility index (Phi) is 3.11. The fourth-order valence-electron chi connectivity index (χ4n) is 2.14. The van der Waals surface area contributed by atoms with Crippen LogP contribution < -0.4 is 4.90 Å². The highest BCUT2D eigenvalue weighted by Crippen LogP contribution is 2.22. The van der Waals surface area contributed by atoms with E-state index in [1.807, 2.05) is 48.7 Å². The lowest BCUT2D eigenvalue weighted by Crippen LogP contribution is -2.18. The van der Waals surface area contributed by atoms with Gasteiger partial charge < -0.3 is 4.90 Å². The van der Waals surface area contributed by atoms with Crippen LogP contribution in [0.4, 0.5) is 11.6 Å². The average molecular weight is 249 g/mol. The number of aromatic nitrogens is 2. The lowest BCUT2D eigenvalue weighted by molar-refractivity contribution is 0.957. The summed E-state index contributed by atoms with van der Waals surface area (Å²) < 4.78 is 0. The van der Waals surface area contributed by atoms with E-state index in [2.05, 4.69) is 33.9 Å². The molecule has 1 aromatic heterocycles. The van der Waals surface area contributed by atoms with Crippen molar-refractivity contribution in [3.8, 4) is 0 Å². The average Bonchev–Trinajstić information content (AvgIpc) is 2.49. The summed E-state index contributed by atoms with van der Waals surface area (Å²) in [5.41, 5.74) is 2.09. The smallest absolute Gasteiger partial charge is 0.230 e. The minimum Gasteiger partial charge on any atom is -0.311 e. The van der Waals surface area contributed by atoms with Crippen LogP contribution in [0.5, 0.6) is 0 Å². The van der Waals surface area contributed by atoms with Crippen LogP contribution in [0, 0.1) is 0 Å². The summed E-state index contributed by atoms with van der Waals surface area (Å²) in [5.74, 6) is 0.743. The normalized spacial score (nSPS) is 10.6. The molecule has 0 saturated carbocycles. The standard InChI is InChI=1S/C16H15N3/c1-2-19(14-9-4-3-5-10-14)16-17-12-13-8-6-7-11-15(13)18-16/h3-12H,2H2,1H3. The first-order valence-electron chi connectivity index (χ1n) is 6.43. The molecular weight excluding hydrogens is 234 g/mol. The number of para-hydroxylation sites is 2. The maximum atomic E-state index is 4.64. The molecule has 3 aromatic rings. The van der Waals surface area contributed by atoms with Crippen LogP contribution in [-0.4, -0.2) is 16.5 Å². The van der Waals surface area contributed by atoms with Gasteiger partial charge in [0.2, 0.25) is 5.95 Å². The molecule has 0 aliphatic rings. The van der Waals surface area contributed by atoms with Crippen molar-refractivity contribution in [1.29, 1.82) is 0 Å². The van der Waals surface area contributed by atoms with Crippen molar-refractivity contribution in [2.45, 2.75) is 6.92 Å². The van der Waals surface area contributed by atoms with Crippen molar-refractivity contribution < 1.29 is 0 Å². The Balaban J connectivity index is 2.06. The van der Waals surface area contributed by atoms with E-state index in [4.69, 9.17) is 0 Å². The van der Waals surface area contributed by atoms with Gasteiger partial charge in [0.05, 0.1) is 5.52 Å². The number of hydrogen-bond donors (Lipinski definition) is 0. The van der Waals surface area contributed by atoms with E-state index in [0.29, 0.717) is 0 Å². The van der Waals surface area contributed by atoms with Gasteiger partial charge in [0.15, 0.2) is 0 Å². The van der Waals surface area contributed by atoms with E-state index in [1.54, 1.807) is 0 Å². The Bertz CT molecular complexity index is 680. The van der Waals surface area contributed by atoms with E-state index in [1.165, 1.54) is 0 Å². The molecule has 0 N–H and O–H groups in total. The highest BCUT2D eigenvalue weighted by atomic mass is 15.2. The summed E-state index contributed by atoms with van der Waals surface area (Å²) in [6.07, 6.45) is 1.88. The molecule has 0 saturated heterocycles. The molecule has 0 unspecified atom stereocenters. The Morgan fingerprint density at radius 3 is 2.47 bits per heavy atom. The maximum absolute atomic E-state index is 4.64. The zero-order chi connectivity index (χ0) is 13.1. The molecule has 19 heavy (non-hydrogen) atoms. The highest BCUT2D eigenvalue weighted by molar-refractivity contribution is 5.79. The molecular formula is C16H15N3. The molecule has 0 spiro atoms. The van der Waals surface area contributed by atoms with E-state index in [-0.39, 0.29) is 0 Å². The topological polar surface area (TPSA) is 29.0 Å². The van der Waals surface area contributed by atoms with Gasteiger partial charge in [0.1, 0.15) is 0 Å². The van der Waals surface area contributed by atoms with Gasteiger partial charge in [-0.05, 0) is 25.1 Å². The molecule has 0 radical (unpaired) electrons. The molecule has 2 aromatic carbocycles. The van der Waals surface area contributed by atoms with Gasteiger partial charge in [-0.3, -0.25) is 0 Å². The third-order valence-corrected chi connectivity index (χ3v) is 3.10. The number of fused-ring (bicyclic) bond motifs is 1. The number of anilines is 2. The van der Waals surface area contributed by atoms with Crippen LogP contribution in [0.2, 0.25) is 0 Å². The number of nitrogens with zero attached hydrogens (tertiary/aromatic N) is 3. The van der Waals surface area contributed by atoms with E-state index >= 15 is 0 Å². The van der Waals surface area contributed by atoms with Gasteiger partial charge in [0, 0.05) is 23.8 Å². The zero-order valence-electron chi connectivity index (χ0n) is 10.8. The summed E-state index contributed by atoms with van der Waals surface area (Å²) in [6, 6.07) is 18.2. The molecule has 3 heteroatoms. The largest absolute Gasteiger partial charge is 0.311 e. The maximum Gasteiger partial charge on any atom is 0.230 e. The van der Waals surface area contributed by atoms with Crippen molar-refractivity contribution in [1.82, 2.24) is 9.97 Å². The lowest BCUT2D eigenvalue weighted by Gasteiger charge is -2.20. The van der Waals surface area contributed by atoms with Gasteiger partial charge in [-0.25, -0.2) is 9.97 Å². The van der Waals surface area contributed by atoms with E-state index < -0.39 is 0 Å². The molecule has 0 bridgehead atoms. The second-order valence-corrected chi connectivity index (χ2v) is 4.31. The van der Waals surface area contributed by atoms with Crippen molar-refractivity contribution >= 4 is 22.5 Å². The molecule has 3 rings (SSSR count). The van der Waals surface area contributed by atoms with Gasteiger partial charge in [-0.1, -0.05) is 36.4 Å². The fourth-order valence-corrected chi connectivity index (χ4v) is 2.14. The highest BCUT2D eigenvalue weighted by Gasteiger charge is 2.10. The first kappa shape index (κ1) is 11.7. The van der Waals surface area contributed by atoms with E-state index in [0.717, 1.165) is 29.1 Å². The SMILES string of the molecule is CCN(c1ccccc1)c1ncc2ccccc2n1. The van der Waals surface area contributed by atoms with Gasteiger partial charge in [-0.2, -0.15) is 0 Å². The number of rotatable bonds is 3. The third-order valence-electron chi connectivity index (χ3n) is 3.10. The third kappa shape index (κ3) is 2.27. The molecule has 0 atom stereocenters. The van der Waals surface area contributed by atoms with E-state index in [9.17, 15) is 0 Å². The van der Waals surface area contributed by atoms with Crippen molar-refractivity contribution in [3.63, 3.8) is 0 Å². The molecule has 3 nitrogen and oxygen atoms in total. The first-order valence-corrected chi connectivity index (χ1v) is 6.43. The molecule has 0 aliphatic carbocycles. The number of hydrogen-bond acceptors (Lipinski definition) is 3. The van der Waals surface area contributed by atoms with Crippen LogP contribution in [0.25, 0.3) is 10.9 Å². The second kappa shape index (κ2) is 5.06. The predicted molar refractivity (Wildman–Crippen MR) is 78.7 cm³/mol. The molecule has 1 heterocycles. The fraction of sp³-hybridized carbons (Fsp3) is 0.125. The summed E-state index contributed by atoms with van der Waals surface area (Å²) in [6.45, 7) is 2.94. The lowest BCUT2D eigenvalue weighted by atomic mass is 10.2. The quantitative estimate of drug-likeness (QED) is 0.707. The number of benzene rings is 2. The van der Waals surface area contributed by atoms with Crippen LogP contribution in [0.15, 0.2) is 60.8 Å². The van der Waals surface area contributed by atoms with Crippen molar-refractivity contribution in [2.75, 3.05) is 11.4 Å². The zero-order valence-corrected chi connectivity index (χ0v) is 10.8. The molecule has 0 amide bonds. The molecule has 0 aliphatic heterocycles. The van der Waals surface area contributed by atoms with Crippen LogP contribution in [0.1, 0.15) is 6.92 Å². The molecule has 0 fully saturated rings. The summed E-state index contributed by atoms with van der Waals surface area (Å²) in [7, 11) is 0. The van der Waals surface area contributed by atoms with Gasteiger partial charge in [-0.15, -0.1) is 0 Å². The predicted octanol–water partition coefficient (Wildman–Crippen LogP) is 3.79. The van der Waals surface area contributed by atoms with Gasteiger partial charge in [0.25, 0.3) is 0 Å².